The molecule has 0 spiro atoms. The molecule has 1 fully saturated rings. The lowest BCUT2D eigenvalue weighted by molar-refractivity contribution is -0.127. The van der Waals surface area contributed by atoms with E-state index in [4.69, 9.17) is 9.16 Å². The normalized spacial score (nSPS) is 17.4. The van der Waals surface area contributed by atoms with Crippen molar-refractivity contribution < 1.29 is 18.8 Å². The largest absolute Gasteiger partial charge is 0.543 e. The zero-order valence-corrected chi connectivity index (χ0v) is 24.2. The van der Waals surface area contributed by atoms with Gasteiger partial charge in [0.1, 0.15) is 5.75 Å². The molecule has 1 aliphatic rings. The Hall–Kier alpha value is -1.61. The molecule has 7 heteroatoms. The van der Waals surface area contributed by atoms with Crippen LogP contribution < -0.4 is 4.43 Å². The molecule has 0 aromatic heterocycles. The highest BCUT2D eigenvalue weighted by molar-refractivity contribution is 6.78. The minimum atomic E-state index is -1.99. The minimum absolute atomic E-state index is 0.125. The van der Waals surface area contributed by atoms with E-state index in [1.54, 1.807) is 0 Å². The zero-order valence-electron chi connectivity index (χ0n) is 22.2. The van der Waals surface area contributed by atoms with Gasteiger partial charge >= 0.3 is 6.09 Å². The molecule has 0 bridgehead atoms. The van der Waals surface area contributed by atoms with Crippen LogP contribution in [0.15, 0.2) is 24.3 Å². The van der Waals surface area contributed by atoms with Crippen LogP contribution in [0, 0.1) is 0 Å². The number of imide groups is 1. The van der Waals surface area contributed by atoms with Crippen LogP contribution in [-0.2, 0) is 16.0 Å². The summed E-state index contributed by atoms with van der Waals surface area (Å²) in [6.45, 7) is 20.8. The minimum Gasteiger partial charge on any atom is -0.543 e. The van der Waals surface area contributed by atoms with E-state index in [0.29, 0.717) is 42.5 Å². The first-order valence-corrected chi connectivity index (χ1v) is 18.4. The SMILES string of the molecule is CC(C)[Si](Oc1ccc(C[C@H]2CCC(=O)N2C(=O)OCC[Si](C)(C)C)cc1)(C(C)C)C(C)C. The smallest absolute Gasteiger partial charge is 0.416 e. The Morgan fingerprint density at radius 1 is 1.00 bits per heavy atom. The number of benzene rings is 1. The van der Waals surface area contributed by atoms with Gasteiger partial charge in [-0.15, -0.1) is 0 Å². The highest BCUT2D eigenvalue weighted by atomic mass is 28.4. The molecule has 186 valence electrons. The van der Waals surface area contributed by atoms with Gasteiger partial charge in [-0.1, -0.05) is 73.3 Å². The molecule has 1 aromatic carbocycles. The summed E-state index contributed by atoms with van der Waals surface area (Å²) in [7, 11) is -3.29. The Labute approximate surface area is 203 Å². The lowest BCUT2D eigenvalue weighted by Gasteiger charge is -2.42. The monoisotopic (exact) mass is 491 g/mol. The fourth-order valence-electron chi connectivity index (χ4n) is 5.22. The van der Waals surface area contributed by atoms with Crippen molar-refractivity contribution in [2.75, 3.05) is 6.61 Å². The second-order valence-corrected chi connectivity index (χ2v) is 22.6. The van der Waals surface area contributed by atoms with Crippen LogP contribution in [0.5, 0.6) is 5.75 Å². The van der Waals surface area contributed by atoms with Gasteiger partial charge in [0.15, 0.2) is 0 Å². The van der Waals surface area contributed by atoms with Crippen molar-refractivity contribution in [3.8, 4) is 5.75 Å². The standard InChI is InChI=1S/C26H45NO4Si2/c1-19(2)33(20(3)4,21(5)6)31-24-13-10-22(11-14-24)18-23-12-15-25(28)27(23)26(29)30-16-17-32(7,8)9/h10-11,13-14,19-21,23H,12,15-18H2,1-9H3/t23-/m1/s1. The molecule has 0 unspecified atom stereocenters. The number of hydrogen-bond acceptors (Lipinski definition) is 4. The van der Waals surface area contributed by atoms with Gasteiger partial charge in [-0.2, -0.15) is 0 Å². The van der Waals surface area contributed by atoms with Crippen molar-refractivity contribution >= 4 is 28.4 Å². The first-order chi connectivity index (χ1) is 15.3. The van der Waals surface area contributed by atoms with Crippen LogP contribution in [0.2, 0.25) is 42.3 Å². The van der Waals surface area contributed by atoms with Gasteiger partial charge in [0.2, 0.25) is 5.91 Å². The van der Waals surface area contributed by atoms with E-state index in [1.165, 1.54) is 4.90 Å². The summed E-state index contributed by atoms with van der Waals surface area (Å²) in [6, 6.07) is 9.02. The zero-order chi connectivity index (χ0) is 25.0. The second kappa shape index (κ2) is 11.2. The number of hydrogen-bond donors (Lipinski definition) is 0. The highest BCUT2D eigenvalue weighted by Gasteiger charge is 2.47. The number of carbonyl (C=O) groups is 2. The lowest BCUT2D eigenvalue weighted by Crippen LogP contribution is -2.50. The first-order valence-electron chi connectivity index (χ1n) is 12.5. The van der Waals surface area contributed by atoms with Gasteiger partial charge in [0.05, 0.1) is 6.61 Å². The molecule has 33 heavy (non-hydrogen) atoms. The second-order valence-electron chi connectivity index (χ2n) is 11.6. The van der Waals surface area contributed by atoms with Gasteiger partial charge in [0.25, 0.3) is 8.32 Å². The molecule has 2 amide bonds. The first kappa shape index (κ1) is 27.6. The average molecular weight is 492 g/mol. The Morgan fingerprint density at radius 2 is 1.55 bits per heavy atom. The fraction of sp³-hybridized carbons (Fsp3) is 0.692. The van der Waals surface area contributed by atoms with Crippen LogP contribution in [0.25, 0.3) is 0 Å². The summed E-state index contributed by atoms with van der Waals surface area (Å²) in [4.78, 5) is 26.4. The molecular weight excluding hydrogens is 446 g/mol. The van der Waals surface area contributed by atoms with Gasteiger partial charge in [-0.3, -0.25) is 4.79 Å². The predicted octanol–water partition coefficient (Wildman–Crippen LogP) is 7.25. The molecule has 2 rings (SSSR count). The highest BCUT2D eigenvalue weighted by Crippen LogP contribution is 2.42. The molecular formula is C26H45NO4Si2. The van der Waals surface area contributed by atoms with Gasteiger partial charge in [0, 0.05) is 20.5 Å². The quantitative estimate of drug-likeness (QED) is 0.323. The molecule has 0 saturated carbocycles. The van der Waals surface area contributed by atoms with Crippen molar-refractivity contribution in [3.63, 3.8) is 0 Å². The molecule has 1 aliphatic heterocycles. The summed E-state index contributed by atoms with van der Waals surface area (Å²) in [5.41, 5.74) is 2.65. The van der Waals surface area contributed by atoms with Crippen LogP contribution in [0.3, 0.4) is 0 Å². The molecule has 5 nitrogen and oxygen atoms in total. The molecule has 0 N–H and O–H groups in total. The topological polar surface area (TPSA) is 55.8 Å². The van der Waals surface area contributed by atoms with E-state index >= 15 is 0 Å². The molecule has 1 atom stereocenters. The van der Waals surface area contributed by atoms with E-state index in [9.17, 15) is 9.59 Å². The van der Waals surface area contributed by atoms with E-state index < -0.39 is 22.5 Å². The van der Waals surface area contributed by atoms with Crippen molar-refractivity contribution in [3.05, 3.63) is 29.8 Å². The summed E-state index contributed by atoms with van der Waals surface area (Å²) in [6.07, 6.45) is 1.25. The van der Waals surface area contributed by atoms with Crippen molar-refractivity contribution in [1.82, 2.24) is 4.90 Å². The number of amides is 2. The Bertz CT molecular complexity index is 778. The Kier molecular flexibility index (Phi) is 9.39. The van der Waals surface area contributed by atoms with Crippen molar-refractivity contribution in [2.45, 2.75) is 109 Å². The number of likely N-dealkylation sites (tertiary alicyclic amines) is 1. The number of nitrogens with zero attached hydrogens (tertiary/aromatic N) is 1. The van der Waals surface area contributed by atoms with Gasteiger partial charge in [-0.25, -0.2) is 9.69 Å². The maximum absolute atomic E-state index is 12.6. The number of carbonyl (C=O) groups excluding carboxylic acids is 2. The third-order valence-corrected chi connectivity index (χ3v) is 14.7. The predicted molar refractivity (Wildman–Crippen MR) is 141 cm³/mol. The van der Waals surface area contributed by atoms with E-state index in [2.05, 4.69) is 85.4 Å². The van der Waals surface area contributed by atoms with Crippen molar-refractivity contribution in [1.29, 1.82) is 0 Å². The lowest BCUT2D eigenvalue weighted by atomic mass is 10.0. The van der Waals surface area contributed by atoms with Crippen LogP contribution in [0.4, 0.5) is 4.79 Å². The molecule has 1 heterocycles. The summed E-state index contributed by atoms with van der Waals surface area (Å²) in [5, 5.41) is 0. The van der Waals surface area contributed by atoms with E-state index in [-0.39, 0.29) is 11.9 Å². The van der Waals surface area contributed by atoms with Crippen LogP contribution in [-0.4, -0.2) is 45.9 Å². The number of ether oxygens (including phenoxy) is 1. The summed E-state index contributed by atoms with van der Waals surface area (Å²) < 4.78 is 12.2. The Morgan fingerprint density at radius 3 is 2.03 bits per heavy atom. The third-order valence-electron chi connectivity index (χ3n) is 7.00. The summed E-state index contributed by atoms with van der Waals surface area (Å²) >= 11 is 0. The van der Waals surface area contributed by atoms with Crippen molar-refractivity contribution in [2.24, 2.45) is 0 Å². The fourth-order valence-corrected chi connectivity index (χ4v) is 11.2. The van der Waals surface area contributed by atoms with Gasteiger partial charge in [-0.05, 0) is 53.2 Å². The number of rotatable bonds is 10. The Balaban J connectivity index is 2.07. The molecule has 0 aliphatic carbocycles. The average Bonchev–Trinajstić information content (AvgIpc) is 3.05. The molecule has 0 radical (unpaired) electrons. The van der Waals surface area contributed by atoms with Gasteiger partial charge < -0.3 is 9.16 Å². The maximum atomic E-state index is 12.6. The van der Waals surface area contributed by atoms with E-state index in [0.717, 1.165) is 17.4 Å². The molecule has 1 aromatic rings. The van der Waals surface area contributed by atoms with Crippen LogP contribution in [0.1, 0.15) is 59.9 Å². The van der Waals surface area contributed by atoms with E-state index in [1.807, 2.05) is 0 Å². The molecule has 1 saturated heterocycles. The summed E-state index contributed by atoms with van der Waals surface area (Å²) in [5.74, 6) is 0.797. The van der Waals surface area contributed by atoms with Crippen LogP contribution >= 0.6 is 0 Å². The maximum Gasteiger partial charge on any atom is 0.416 e. The third kappa shape index (κ3) is 6.95.